The Labute approximate surface area is 145 Å². The smallest absolute Gasteiger partial charge is 0.255 e. The van der Waals surface area contributed by atoms with E-state index in [1.165, 1.54) is 0 Å². The summed E-state index contributed by atoms with van der Waals surface area (Å²) < 4.78 is 5.51. The standard InChI is InChI=1S/C19H29N3O2/c1-14(2)11-22(17-6-8-24-9-7-17)18-12-21(13-18)19(23)16-5-4-15(3)20-10-16/h4-5,10,14,17-18H,6-9,11-13H2,1-3H3. The topological polar surface area (TPSA) is 45.7 Å². The first-order chi connectivity index (χ1) is 11.5. The molecule has 0 saturated carbocycles. The Balaban J connectivity index is 1.59. The lowest BCUT2D eigenvalue weighted by molar-refractivity contribution is -0.0294. The molecular formula is C19H29N3O2. The van der Waals surface area contributed by atoms with Gasteiger partial charge >= 0.3 is 0 Å². The van der Waals surface area contributed by atoms with Crippen LogP contribution >= 0.6 is 0 Å². The number of carbonyl (C=O) groups excluding carboxylic acids is 1. The van der Waals surface area contributed by atoms with E-state index in [4.69, 9.17) is 4.74 Å². The van der Waals surface area contributed by atoms with Crippen LogP contribution in [0.1, 0.15) is 42.7 Å². The molecule has 1 aromatic heterocycles. The molecule has 0 aliphatic carbocycles. The summed E-state index contributed by atoms with van der Waals surface area (Å²) in [4.78, 5) is 21.4. The SMILES string of the molecule is Cc1ccc(C(=O)N2CC(N(CC(C)C)C3CCOCC3)C2)cn1. The maximum Gasteiger partial charge on any atom is 0.255 e. The fraction of sp³-hybridized carbons (Fsp3) is 0.684. The Morgan fingerprint density at radius 3 is 2.58 bits per heavy atom. The third kappa shape index (κ3) is 3.95. The van der Waals surface area contributed by atoms with Gasteiger partial charge in [0.2, 0.25) is 0 Å². The van der Waals surface area contributed by atoms with Gasteiger partial charge in [-0.1, -0.05) is 13.8 Å². The molecule has 0 bridgehead atoms. The van der Waals surface area contributed by atoms with Gasteiger partial charge in [-0.3, -0.25) is 14.7 Å². The van der Waals surface area contributed by atoms with Crippen molar-refractivity contribution >= 4 is 5.91 Å². The Hall–Kier alpha value is -1.46. The van der Waals surface area contributed by atoms with E-state index in [9.17, 15) is 4.79 Å². The molecule has 2 aliphatic heterocycles. The molecule has 0 unspecified atom stereocenters. The number of rotatable bonds is 5. The van der Waals surface area contributed by atoms with Crippen LogP contribution in [0.5, 0.6) is 0 Å². The monoisotopic (exact) mass is 331 g/mol. The summed E-state index contributed by atoms with van der Waals surface area (Å²) in [5.41, 5.74) is 1.64. The lowest BCUT2D eigenvalue weighted by Gasteiger charge is -2.49. The lowest BCUT2D eigenvalue weighted by Crippen LogP contribution is -2.64. The molecular weight excluding hydrogens is 302 g/mol. The second kappa shape index (κ2) is 7.62. The second-order valence-electron chi connectivity index (χ2n) is 7.49. The first kappa shape index (κ1) is 17.4. The normalized spacial score (nSPS) is 19.8. The fourth-order valence-electron chi connectivity index (χ4n) is 3.64. The summed E-state index contributed by atoms with van der Waals surface area (Å²) in [6.45, 7) is 11.0. The highest BCUT2D eigenvalue weighted by atomic mass is 16.5. The molecule has 24 heavy (non-hydrogen) atoms. The second-order valence-corrected chi connectivity index (χ2v) is 7.49. The average molecular weight is 331 g/mol. The number of carbonyl (C=O) groups is 1. The third-order valence-corrected chi connectivity index (χ3v) is 5.01. The van der Waals surface area contributed by atoms with Gasteiger partial charge in [-0.15, -0.1) is 0 Å². The maximum atomic E-state index is 12.6. The van der Waals surface area contributed by atoms with E-state index in [2.05, 4.69) is 23.7 Å². The van der Waals surface area contributed by atoms with Crippen LogP contribution in [0.3, 0.4) is 0 Å². The van der Waals surface area contributed by atoms with E-state index in [0.29, 0.717) is 23.6 Å². The highest BCUT2D eigenvalue weighted by Crippen LogP contribution is 2.25. The number of ether oxygens (including phenoxy) is 1. The number of pyridine rings is 1. The van der Waals surface area contributed by atoms with Crippen molar-refractivity contribution in [1.82, 2.24) is 14.8 Å². The van der Waals surface area contributed by atoms with E-state index in [0.717, 1.165) is 51.4 Å². The zero-order valence-corrected chi connectivity index (χ0v) is 15.1. The summed E-state index contributed by atoms with van der Waals surface area (Å²) in [6.07, 6.45) is 3.91. The molecule has 1 aromatic rings. The van der Waals surface area contributed by atoms with Gasteiger partial charge in [0.25, 0.3) is 5.91 Å². The van der Waals surface area contributed by atoms with E-state index < -0.39 is 0 Å². The summed E-state index contributed by atoms with van der Waals surface area (Å²) in [5, 5.41) is 0. The van der Waals surface area contributed by atoms with Crippen LogP contribution in [0.15, 0.2) is 18.3 Å². The molecule has 3 rings (SSSR count). The first-order valence-electron chi connectivity index (χ1n) is 9.10. The molecule has 1 amide bonds. The van der Waals surface area contributed by atoms with Crippen molar-refractivity contribution in [3.05, 3.63) is 29.6 Å². The zero-order chi connectivity index (χ0) is 17.1. The minimum absolute atomic E-state index is 0.107. The van der Waals surface area contributed by atoms with Gasteiger partial charge in [-0.2, -0.15) is 0 Å². The van der Waals surface area contributed by atoms with E-state index in [-0.39, 0.29) is 5.91 Å². The van der Waals surface area contributed by atoms with Gasteiger partial charge in [0.1, 0.15) is 0 Å². The number of nitrogens with zero attached hydrogens (tertiary/aromatic N) is 3. The Morgan fingerprint density at radius 1 is 1.29 bits per heavy atom. The number of hydrogen-bond donors (Lipinski definition) is 0. The van der Waals surface area contributed by atoms with Crippen molar-refractivity contribution in [2.75, 3.05) is 32.8 Å². The van der Waals surface area contributed by atoms with E-state index >= 15 is 0 Å². The number of aromatic nitrogens is 1. The average Bonchev–Trinajstić information content (AvgIpc) is 2.53. The molecule has 0 radical (unpaired) electrons. The summed E-state index contributed by atoms with van der Waals surface area (Å²) in [5.74, 6) is 0.745. The van der Waals surface area contributed by atoms with E-state index in [1.807, 2.05) is 24.0 Å². The number of amides is 1. The van der Waals surface area contributed by atoms with Crippen LogP contribution in [0, 0.1) is 12.8 Å². The minimum atomic E-state index is 0.107. The van der Waals surface area contributed by atoms with Crippen molar-refractivity contribution in [1.29, 1.82) is 0 Å². The predicted molar refractivity (Wildman–Crippen MR) is 94.1 cm³/mol. The van der Waals surface area contributed by atoms with Crippen LogP contribution in [-0.4, -0.2) is 65.6 Å². The van der Waals surface area contributed by atoms with Gasteiger partial charge in [0.05, 0.1) is 5.56 Å². The predicted octanol–water partition coefficient (Wildman–Crippen LogP) is 2.35. The largest absolute Gasteiger partial charge is 0.381 e. The van der Waals surface area contributed by atoms with Gasteiger partial charge in [-0.25, -0.2) is 0 Å². The van der Waals surface area contributed by atoms with Crippen molar-refractivity contribution in [2.24, 2.45) is 5.92 Å². The van der Waals surface area contributed by atoms with Crippen LogP contribution in [0.4, 0.5) is 0 Å². The Kier molecular flexibility index (Phi) is 5.51. The quantitative estimate of drug-likeness (QED) is 0.831. The van der Waals surface area contributed by atoms with Crippen LogP contribution in [0.25, 0.3) is 0 Å². The third-order valence-electron chi connectivity index (χ3n) is 5.01. The molecule has 0 atom stereocenters. The zero-order valence-electron chi connectivity index (χ0n) is 15.1. The summed E-state index contributed by atoms with van der Waals surface area (Å²) >= 11 is 0. The van der Waals surface area contributed by atoms with Gasteiger partial charge in [0.15, 0.2) is 0 Å². The Morgan fingerprint density at radius 2 is 2.00 bits per heavy atom. The van der Waals surface area contributed by atoms with Crippen LogP contribution < -0.4 is 0 Å². The first-order valence-corrected chi connectivity index (χ1v) is 9.10. The molecule has 0 spiro atoms. The lowest BCUT2D eigenvalue weighted by atomic mass is 9.97. The number of hydrogen-bond acceptors (Lipinski definition) is 4. The molecule has 0 aromatic carbocycles. The van der Waals surface area contributed by atoms with Gasteiger partial charge in [0, 0.05) is 56.8 Å². The van der Waals surface area contributed by atoms with E-state index in [1.54, 1.807) is 6.20 Å². The van der Waals surface area contributed by atoms with Crippen molar-refractivity contribution in [3.63, 3.8) is 0 Å². The van der Waals surface area contributed by atoms with Crippen molar-refractivity contribution in [2.45, 2.75) is 45.7 Å². The van der Waals surface area contributed by atoms with Crippen LogP contribution in [0.2, 0.25) is 0 Å². The highest BCUT2D eigenvalue weighted by Gasteiger charge is 2.38. The highest BCUT2D eigenvalue weighted by molar-refractivity contribution is 5.94. The molecule has 0 N–H and O–H groups in total. The van der Waals surface area contributed by atoms with Crippen molar-refractivity contribution < 1.29 is 9.53 Å². The van der Waals surface area contributed by atoms with Gasteiger partial charge in [-0.05, 0) is 37.8 Å². The molecule has 3 heterocycles. The molecule has 2 fully saturated rings. The maximum absolute atomic E-state index is 12.6. The Bertz CT molecular complexity index is 546. The number of aryl methyl sites for hydroxylation is 1. The number of likely N-dealkylation sites (tertiary alicyclic amines) is 1. The molecule has 5 heteroatoms. The molecule has 5 nitrogen and oxygen atoms in total. The molecule has 132 valence electrons. The van der Waals surface area contributed by atoms with Gasteiger partial charge < -0.3 is 9.64 Å². The minimum Gasteiger partial charge on any atom is -0.381 e. The summed E-state index contributed by atoms with van der Waals surface area (Å²) in [6, 6.07) is 4.86. The van der Waals surface area contributed by atoms with Crippen LogP contribution in [-0.2, 0) is 4.74 Å². The summed E-state index contributed by atoms with van der Waals surface area (Å²) in [7, 11) is 0. The molecule has 2 aliphatic rings. The molecule has 2 saturated heterocycles. The fourth-order valence-corrected chi connectivity index (χ4v) is 3.64. The van der Waals surface area contributed by atoms with Crippen molar-refractivity contribution in [3.8, 4) is 0 Å².